The number of carboxylic acid groups (broad SMARTS) is 1. The number of β-amino-alcohol motifs (C(OH)–C–C–N with tert-alkyl or cyclic N) is 1. The van der Waals surface area contributed by atoms with Gasteiger partial charge in [-0.15, -0.1) is 0 Å². The summed E-state index contributed by atoms with van der Waals surface area (Å²) < 4.78 is 5.77. The summed E-state index contributed by atoms with van der Waals surface area (Å²) >= 11 is 0. The Bertz CT molecular complexity index is 1380. The fourth-order valence-corrected chi connectivity index (χ4v) is 4.76. The lowest BCUT2D eigenvalue weighted by Gasteiger charge is -2.28. The van der Waals surface area contributed by atoms with Crippen LogP contribution in [-0.4, -0.2) is 63.5 Å². The lowest BCUT2D eigenvalue weighted by molar-refractivity contribution is 0.0617. The van der Waals surface area contributed by atoms with E-state index in [2.05, 4.69) is 20.2 Å². The Balaban J connectivity index is 1.21. The summed E-state index contributed by atoms with van der Waals surface area (Å²) in [5.74, 6) is 1.13. The number of rotatable bonds is 10. The molecule has 40 heavy (non-hydrogen) atoms. The van der Waals surface area contributed by atoms with E-state index in [9.17, 15) is 15.0 Å². The van der Waals surface area contributed by atoms with Crippen LogP contribution >= 0.6 is 0 Å². The van der Waals surface area contributed by atoms with E-state index in [4.69, 9.17) is 4.74 Å². The summed E-state index contributed by atoms with van der Waals surface area (Å²) in [7, 11) is 0. The summed E-state index contributed by atoms with van der Waals surface area (Å²) in [5, 5.41) is 23.4. The SMILES string of the molecule is O=C(O)N(c1ccc(-c2ccccc2)cc1)c1ccnc(Nc2ccc(OCC(O)CN3CCCCC3)cc2)n1. The normalized spacial score (nSPS) is 14.3. The molecular formula is C31H33N5O4. The van der Waals surface area contributed by atoms with Gasteiger partial charge in [0, 0.05) is 24.5 Å². The van der Waals surface area contributed by atoms with Gasteiger partial charge in [0.15, 0.2) is 0 Å². The van der Waals surface area contributed by atoms with E-state index in [-0.39, 0.29) is 18.4 Å². The molecule has 1 amide bonds. The second-order valence-corrected chi connectivity index (χ2v) is 9.74. The predicted molar refractivity (Wildman–Crippen MR) is 156 cm³/mol. The third-order valence-corrected chi connectivity index (χ3v) is 6.76. The quantitative estimate of drug-likeness (QED) is 0.227. The summed E-state index contributed by atoms with van der Waals surface area (Å²) in [5.41, 5.74) is 3.23. The average Bonchev–Trinajstić information content (AvgIpc) is 2.98. The molecule has 1 saturated heterocycles. The summed E-state index contributed by atoms with van der Waals surface area (Å²) in [6, 6.07) is 26.0. The number of likely N-dealkylation sites (tertiary alicyclic amines) is 1. The van der Waals surface area contributed by atoms with Gasteiger partial charge < -0.3 is 25.2 Å². The largest absolute Gasteiger partial charge is 0.491 e. The van der Waals surface area contributed by atoms with Crippen LogP contribution in [-0.2, 0) is 0 Å². The van der Waals surface area contributed by atoms with Crippen molar-refractivity contribution in [1.29, 1.82) is 0 Å². The highest BCUT2D eigenvalue weighted by Gasteiger charge is 2.19. The molecule has 206 valence electrons. The van der Waals surface area contributed by atoms with Crippen LogP contribution in [0.5, 0.6) is 5.75 Å². The number of amides is 1. The zero-order chi connectivity index (χ0) is 27.7. The molecule has 9 nitrogen and oxygen atoms in total. The molecule has 1 aliphatic heterocycles. The number of piperidine rings is 1. The topological polar surface area (TPSA) is 111 Å². The molecule has 2 heterocycles. The van der Waals surface area contributed by atoms with Gasteiger partial charge in [-0.2, -0.15) is 4.98 Å². The Hall–Kier alpha value is -4.47. The molecule has 0 bridgehead atoms. The van der Waals surface area contributed by atoms with E-state index in [0.717, 1.165) is 29.1 Å². The lowest BCUT2D eigenvalue weighted by Crippen LogP contribution is -2.38. The van der Waals surface area contributed by atoms with Gasteiger partial charge in [0.05, 0.1) is 5.69 Å². The smallest absolute Gasteiger partial charge is 0.417 e. The molecule has 0 aliphatic carbocycles. The zero-order valence-electron chi connectivity index (χ0n) is 22.2. The number of ether oxygens (including phenoxy) is 1. The van der Waals surface area contributed by atoms with Gasteiger partial charge in [0.2, 0.25) is 5.95 Å². The number of aliphatic hydroxyl groups is 1. The highest BCUT2D eigenvalue weighted by Crippen LogP contribution is 2.28. The van der Waals surface area contributed by atoms with Crippen LogP contribution in [0.2, 0.25) is 0 Å². The summed E-state index contributed by atoms with van der Waals surface area (Å²) in [6.07, 6.45) is 3.45. The molecule has 0 spiro atoms. The molecule has 9 heteroatoms. The Morgan fingerprint density at radius 3 is 2.33 bits per heavy atom. The van der Waals surface area contributed by atoms with Crippen molar-refractivity contribution in [3.05, 3.63) is 91.1 Å². The standard InChI is InChI=1S/C31H33N5O4/c37-27(21-35-19-5-2-6-20-35)22-40-28-15-11-25(12-16-28)33-30-32-18-17-29(34-30)36(31(38)39)26-13-9-24(10-14-26)23-7-3-1-4-8-23/h1,3-4,7-18,27,37H,2,5-6,19-22H2,(H,38,39)(H,32,33,34). The number of aliphatic hydroxyl groups excluding tert-OH is 1. The first kappa shape index (κ1) is 27.1. The van der Waals surface area contributed by atoms with Crippen molar-refractivity contribution in [2.45, 2.75) is 25.4 Å². The minimum atomic E-state index is -1.15. The van der Waals surface area contributed by atoms with Crippen LogP contribution in [0, 0.1) is 0 Å². The van der Waals surface area contributed by atoms with Crippen molar-refractivity contribution in [2.24, 2.45) is 0 Å². The van der Waals surface area contributed by atoms with E-state index in [1.54, 1.807) is 30.3 Å². The number of aromatic nitrogens is 2. The number of anilines is 4. The molecule has 1 aromatic heterocycles. The first-order chi connectivity index (χ1) is 19.5. The highest BCUT2D eigenvalue weighted by atomic mass is 16.5. The maximum Gasteiger partial charge on any atom is 0.417 e. The summed E-state index contributed by atoms with van der Waals surface area (Å²) in [4.78, 5) is 24.3. The molecule has 3 N–H and O–H groups in total. The maximum absolute atomic E-state index is 12.2. The molecule has 1 atom stereocenters. The van der Waals surface area contributed by atoms with Crippen LogP contribution in [0.15, 0.2) is 91.1 Å². The molecule has 0 radical (unpaired) electrons. The minimum Gasteiger partial charge on any atom is -0.491 e. The molecule has 0 saturated carbocycles. The molecule has 5 rings (SSSR count). The highest BCUT2D eigenvalue weighted by molar-refractivity contribution is 5.94. The maximum atomic E-state index is 12.2. The van der Waals surface area contributed by atoms with Crippen LogP contribution in [0.25, 0.3) is 11.1 Å². The molecule has 3 aromatic carbocycles. The monoisotopic (exact) mass is 539 g/mol. The fraction of sp³-hybridized carbons (Fsp3) is 0.258. The van der Waals surface area contributed by atoms with Crippen LogP contribution in [0.4, 0.5) is 27.9 Å². The Labute approximate surface area is 233 Å². The Kier molecular flexibility index (Phi) is 8.85. The van der Waals surface area contributed by atoms with Gasteiger partial charge in [-0.25, -0.2) is 14.7 Å². The zero-order valence-corrected chi connectivity index (χ0v) is 22.2. The second-order valence-electron chi connectivity index (χ2n) is 9.74. The van der Waals surface area contributed by atoms with Gasteiger partial charge in [0.25, 0.3) is 0 Å². The van der Waals surface area contributed by atoms with Gasteiger partial charge in [-0.3, -0.25) is 0 Å². The number of nitrogens with one attached hydrogen (secondary N) is 1. The van der Waals surface area contributed by atoms with Crippen LogP contribution < -0.4 is 15.0 Å². The van der Waals surface area contributed by atoms with Crippen molar-refractivity contribution >= 4 is 29.2 Å². The molecular weight excluding hydrogens is 506 g/mol. The third kappa shape index (κ3) is 7.13. The fourth-order valence-electron chi connectivity index (χ4n) is 4.76. The minimum absolute atomic E-state index is 0.222. The van der Waals surface area contributed by atoms with Gasteiger partial charge in [-0.05, 0) is 73.5 Å². The number of hydrogen-bond donors (Lipinski definition) is 3. The van der Waals surface area contributed by atoms with Crippen molar-refractivity contribution in [2.75, 3.05) is 36.5 Å². The molecule has 4 aromatic rings. The molecule has 1 aliphatic rings. The van der Waals surface area contributed by atoms with E-state index < -0.39 is 12.2 Å². The lowest BCUT2D eigenvalue weighted by atomic mass is 10.1. The van der Waals surface area contributed by atoms with Crippen molar-refractivity contribution < 1.29 is 19.7 Å². The predicted octanol–water partition coefficient (Wildman–Crippen LogP) is 5.93. The van der Waals surface area contributed by atoms with Crippen LogP contribution in [0.1, 0.15) is 19.3 Å². The number of nitrogens with zero attached hydrogens (tertiary/aromatic N) is 4. The van der Waals surface area contributed by atoms with E-state index in [0.29, 0.717) is 23.7 Å². The van der Waals surface area contributed by atoms with Crippen molar-refractivity contribution in [3.63, 3.8) is 0 Å². The first-order valence-corrected chi connectivity index (χ1v) is 13.5. The number of benzene rings is 3. The third-order valence-electron chi connectivity index (χ3n) is 6.76. The average molecular weight is 540 g/mol. The van der Waals surface area contributed by atoms with E-state index in [1.807, 2.05) is 54.6 Å². The Morgan fingerprint density at radius 2 is 1.62 bits per heavy atom. The van der Waals surface area contributed by atoms with Crippen molar-refractivity contribution in [3.8, 4) is 16.9 Å². The van der Waals surface area contributed by atoms with Crippen molar-refractivity contribution in [1.82, 2.24) is 14.9 Å². The van der Waals surface area contributed by atoms with E-state index in [1.165, 1.54) is 25.5 Å². The van der Waals surface area contributed by atoms with Crippen LogP contribution in [0.3, 0.4) is 0 Å². The molecule has 1 fully saturated rings. The van der Waals surface area contributed by atoms with Gasteiger partial charge in [-0.1, -0.05) is 48.9 Å². The number of carbonyl (C=O) groups is 1. The Morgan fingerprint density at radius 1 is 0.925 bits per heavy atom. The summed E-state index contributed by atoms with van der Waals surface area (Å²) in [6.45, 7) is 2.92. The van der Waals surface area contributed by atoms with E-state index >= 15 is 0 Å². The van der Waals surface area contributed by atoms with Gasteiger partial charge in [0.1, 0.15) is 24.3 Å². The second kappa shape index (κ2) is 13.1. The number of hydrogen-bond acceptors (Lipinski definition) is 7. The van der Waals surface area contributed by atoms with Gasteiger partial charge >= 0.3 is 6.09 Å². The first-order valence-electron chi connectivity index (χ1n) is 13.5. The molecule has 1 unspecified atom stereocenters.